The Hall–Kier alpha value is -3.40. The maximum Gasteiger partial charge on any atom is 0.326 e. The molecule has 10 heteroatoms. The summed E-state index contributed by atoms with van der Waals surface area (Å²) in [5, 5.41) is 14.8. The highest BCUT2D eigenvalue weighted by Crippen LogP contribution is 2.19. The molecule has 28 heavy (non-hydrogen) atoms. The van der Waals surface area contributed by atoms with Gasteiger partial charge in [0, 0.05) is 23.5 Å². The first-order valence-corrected chi connectivity index (χ1v) is 8.61. The number of carbonyl (C=O) groups excluding carboxylic acids is 3. The number of rotatable bonds is 9. The second-order valence-electron chi connectivity index (χ2n) is 6.48. The van der Waals surface area contributed by atoms with Gasteiger partial charge in [0.1, 0.15) is 12.1 Å². The molecule has 150 valence electrons. The van der Waals surface area contributed by atoms with Crippen molar-refractivity contribution in [3.63, 3.8) is 0 Å². The minimum Gasteiger partial charge on any atom is -0.480 e. The van der Waals surface area contributed by atoms with Crippen LogP contribution >= 0.6 is 0 Å². The molecule has 0 saturated carbocycles. The maximum absolute atomic E-state index is 12.7. The first-order valence-electron chi connectivity index (χ1n) is 8.61. The van der Waals surface area contributed by atoms with Crippen molar-refractivity contribution in [2.75, 3.05) is 0 Å². The van der Waals surface area contributed by atoms with Crippen LogP contribution in [0.1, 0.15) is 18.9 Å². The van der Waals surface area contributed by atoms with Crippen molar-refractivity contribution in [2.24, 2.45) is 11.5 Å². The summed E-state index contributed by atoms with van der Waals surface area (Å²) in [7, 11) is 0. The Bertz CT molecular complexity index is 891. The fraction of sp³-hybridized carbons (Fsp3) is 0.333. The number of H-pyrrole nitrogens is 1. The number of para-hydroxylation sites is 1. The number of hydrogen-bond acceptors (Lipinski definition) is 5. The zero-order valence-corrected chi connectivity index (χ0v) is 15.3. The number of hydrogen-bond donors (Lipinski definition) is 6. The SMILES string of the molecule is CC(N)C(=O)NC(Cc1c[nH]c2ccccc12)C(=O)NC(CC(N)=O)C(=O)O. The molecular formula is C18H23N5O5. The van der Waals surface area contributed by atoms with Gasteiger partial charge in [0.15, 0.2) is 0 Å². The molecule has 0 spiro atoms. The quantitative estimate of drug-likeness (QED) is 0.319. The van der Waals surface area contributed by atoms with E-state index in [1.165, 1.54) is 6.92 Å². The van der Waals surface area contributed by atoms with E-state index >= 15 is 0 Å². The van der Waals surface area contributed by atoms with E-state index in [2.05, 4.69) is 15.6 Å². The third kappa shape index (κ3) is 5.30. The van der Waals surface area contributed by atoms with Gasteiger partial charge in [-0.1, -0.05) is 18.2 Å². The minimum atomic E-state index is -1.50. The molecule has 3 amide bonds. The molecule has 1 aromatic heterocycles. The highest BCUT2D eigenvalue weighted by molar-refractivity contribution is 5.94. The normalized spacial score (nSPS) is 14.1. The Labute approximate surface area is 160 Å². The number of primary amides is 1. The van der Waals surface area contributed by atoms with Gasteiger partial charge in [-0.3, -0.25) is 14.4 Å². The first kappa shape index (κ1) is 20.9. The van der Waals surface area contributed by atoms with Gasteiger partial charge in [-0.25, -0.2) is 4.79 Å². The highest BCUT2D eigenvalue weighted by atomic mass is 16.4. The molecule has 0 aliphatic heterocycles. The topological polar surface area (TPSA) is 180 Å². The Morgan fingerprint density at radius 2 is 1.75 bits per heavy atom. The molecule has 1 aromatic carbocycles. The summed E-state index contributed by atoms with van der Waals surface area (Å²) < 4.78 is 0. The van der Waals surface area contributed by atoms with Gasteiger partial charge in [-0.15, -0.1) is 0 Å². The second kappa shape index (κ2) is 9.00. The van der Waals surface area contributed by atoms with Crippen molar-refractivity contribution in [3.05, 3.63) is 36.0 Å². The van der Waals surface area contributed by atoms with Crippen LogP contribution in [0.4, 0.5) is 0 Å². The van der Waals surface area contributed by atoms with Gasteiger partial charge in [-0.05, 0) is 18.6 Å². The van der Waals surface area contributed by atoms with Crippen LogP contribution in [0.3, 0.4) is 0 Å². The van der Waals surface area contributed by atoms with Crippen LogP contribution in [0, 0.1) is 0 Å². The predicted octanol–water partition coefficient (Wildman–Crippen LogP) is -1.01. The minimum absolute atomic E-state index is 0.0945. The maximum atomic E-state index is 12.7. The van der Waals surface area contributed by atoms with Crippen LogP contribution in [0.15, 0.2) is 30.5 Å². The lowest BCUT2D eigenvalue weighted by Gasteiger charge is -2.21. The summed E-state index contributed by atoms with van der Waals surface area (Å²) in [6, 6.07) is 3.96. The van der Waals surface area contributed by atoms with Crippen molar-refractivity contribution < 1.29 is 24.3 Å². The summed E-state index contributed by atoms with van der Waals surface area (Å²) in [6.07, 6.45) is 1.24. The number of fused-ring (bicyclic) bond motifs is 1. The second-order valence-corrected chi connectivity index (χ2v) is 6.48. The summed E-state index contributed by atoms with van der Waals surface area (Å²) in [6.45, 7) is 1.46. The van der Waals surface area contributed by atoms with Crippen molar-refractivity contribution in [2.45, 2.75) is 37.9 Å². The van der Waals surface area contributed by atoms with E-state index in [9.17, 15) is 24.3 Å². The average molecular weight is 389 g/mol. The molecule has 3 atom stereocenters. The van der Waals surface area contributed by atoms with Gasteiger partial charge in [0.2, 0.25) is 17.7 Å². The molecule has 0 saturated heterocycles. The molecule has 0 aliphatic carbocycles. The van der Waals surface area contributed by atoms with E-state index in [1.807, 2.05) is 24.3 Å². The van der Waals surface area contributed by atoms with Crippen LogP contribution in [0.25, 0.3) is 10.9 Å². The van der Waals surface area contributed by atoms with Crippen molar-refractivity contribution in [1.82, 2.24) is 15.6 Å². The van der Waals surface area contributed by atoms with E-state index in [-0.39, 0.29) is 6.42 Å². The molecule has 2 aromatic rings. The van der Waals surface area contributed by atoms with Gasteiger partial charge in [0.05, 0.1) is 12.5 Å². The number of carbonyl (C=O) groups is 4. The molecule has 3 unspecified atom stereocenters. The summed E-state index contributed by atoms with van der Waals surface area (Å²) in [5.74, 6) is -3.60. The van der Waals surface area contributed by atoms with Gasteiger partial charge < -0.3 is 32.2 Å². The number of nitrogens with one attached hydrogen (secondary N) is 3. The smallest absolute Gasteiger partial charge is 0.326 e. The molecule has 0 bridgehead atoms. The fourth-order valence-corrected chi connectivity index (χ4v) is 2.71. The van der Waals surface area contributed by atoms with Crippen LogP contribution in [-0.2, 0) is 25.6 Å². The Kier molecular flexibility index (Phi) is 6.72. The summed E-state index contributed by atoms with van der Waals surface area (Å²) in [4.78, 5) is 50.1. The summed E-state index contributed by atoms with van der Waals surface area (Å²) in [5.41, 5.74) is 12.2. The Morgan fingerprint density at radius 1 is 1.11 bits per heavy atom. The van der Waals surface area contributed by atoms with E-state index in [0.29, 0.717) is 0 Å². The standard InChI is InChI=1S/C18H23N5O5/c1-9(19)16(25)22-13(17(26)23-14(18(27)28)7-15(20)24)6-10-8-21-12-5-3-2-4-11(10)12/h2-5,8-9,13-14,21H,6-7,19H2,1H3,(H2,20,24)(H,22,25)(H,23,26)(H,27,28). The number of aliphatic carboxylic acids is 1. The van der Waals surface area contributed by atoms with E-state index < -0.39 is 48.2 Å². The van der Waals surface area contributed by atoms with Gasteiger partial charge in [-0.2, -0.15) is 0 Å². The van der Waals surface area contributed by atoms with Crippen molar-refractivity contribution in [3.8, 4) is 0 Å². The number of benzene rings is 1. The first-order chi connectivity index (χ1) is 13.2. The molecule has 0 fully saturated rings. The number of amides is 3. The average Bonchev–Trinajstić information content (AvgIpc) is 3.03. The zero-order chi connectivity index (χ0) is 20.8. The number of carboxylic acid groups (broad SMARTS) is 1. The molecule has 0 aliphatic rings. The van der Waals surface area contributed by atoms with Crippen molar-refractivity contribution >= 4 is 34.6 Å². The number of nitrogens with two attached hydrogens (primary N) is 2. The third-order valence-corrected chi connectivity index (χ3v) is 4.17. The van der Waals surface area contributed by atoms with Crippen LogP contribution in [0.2, 0.25) is 0 Å². The molecule has 8 N–H and O–H groups in total. The van der Waals surface area contributed by atoms with E-state index in [4.69, 9.17) is 11.5 Å². The van der Waals surface area contributed by atoms with Crippen LogP contribution < -0.4 is 22.1 Å². The fourth-order valence-electron chi connectivity index (χ4n) is 2.71. The van der Waals surface area contributed by atoms with E-state index in [0.717, 1.165) is 16.5 Å². The van der Waals surface area contributed by atoms with Gasteiger partial charge in [0.25, 0.3) is 0 Å². The zero-order valence-electron chi connectivity index (χ0n) is 15.3. The van der Waals surface area contributed by atoms with E-state index in [1.54, 1.807) is 6.20 Å². The Morgan fingerprint density at radius 3 is 2.36 bits per heavy atom. The number of carboxylic acids is 1. The Balaban J connectivity index is 2.25. The van der Waals surface area contributed by atoms with Crippen molar-refractivity contribution in [1.29, 1.82) is 0 Å². The van der Waals surface area contributed by atoms with Gasteiger partial charge >= 0.3 is 5.97 Å². The van der Waals surface area contributed by atoms with Crippen LogP contribution in [0.5, 0.6) is 0 Å². The lowest BCUT2D eigenvalue weighted by atomic mass is 10.0. The summed E-state index contributed by atoms with van der Waals surface area (Å²) >= 11 is 0. The number of aromatic nitrogens is 1. The largest absolute Gasteiger partial charge is 0.480 e. The lowest BCUT2D eigenvalue weighted by Crippen LogP contribution is -2.55. The molecule has 2 rings (SSSR count). The molecular weight excluding hydrogens is 366 g/mol. The molecule has 0 radical (unpaired) electrons. The molecule has 10 nitrogen and oxygen atoms in total. The predicted molar refractivity (Wildman–Crippen MR) is 101 cm³/mol. The van der Waals surface area contributed by atoms with Crippen LogP contribution in [-0.4, -0.2) is 51.9 Å². The lowest BCUT2D eigenvalue weighted by molar-refractivity contribution is -0.143. The highest BCUT2D eigenvalue weighted by Gasteiger charge is 2.29. The monoisotopic (exact) mass is 389 g/mol. The molecule has 1 heterocycles. The third-order valence-electron chi connectivity index (χ3n) is 4.17. The number of aromatic amines is 1.